The van der Waals surface area contributed by atoms with Gasteiger partial charge in [0.05, 0.1) is 4.90 Å². The summed E-state index contributed by atoms with van der Waals surface area (Å²) in [6.45, 7) is 6.68. The van der Waals surface area contributed by atoms with E-state index in [1.165, 1.54) is 12.1 Å². The first kappa shape index (κ1) is 16.0. The maximum absolute atomic E-state index is 12.6. The van der Waals surface area contributed by atoms with E-state index >= 15 is 0 Å². The quantitative estimate of drug-likeness (QED) is 0.906. The number of carbonyl (C=O) groups excluding carboxylic acids is 1. The second kappa shape index (κ2) is 5.77. The summed E-state index contributed by atoms with van der Waals surface area (Å²) >= 11 is 0. The number of piperidine rings is 1. The minimum Gasteiger partial charge on any atom is -0.336 e. The Morgan fingerprint density at radius 1 is 1.29 bits per heavy atom. The molecule has 0 bridgehead atoms. The third-order valence-electron chi connectivity index (χ3n) is 4.03. The summed E-state index contributed by atoms with van der Waals surface area (Å²) < 4.78 is 23.0. The molecule has 1 heterocycles. The molecule has 1 fully saturated rings. The number of aryl methyl sites for hydroxylation is 1. The second-order valence-electron chi connectivity index (χ2n) is 6.06. The lowest BCUT2D eigenvalue weighted by molar-refractivity contribution is 0.0588. The van der Waals surface area contributed by atoms with Crippen molar-refractivity contribution in [3.05, 3.63) is 29.3 Å². The molecular formula is C15H22N2O3S. The van der Waals surface area contributed by atoms with Gasteiger partial charge in [0.25, 0.3) is 5.91 Å². The number of sulfonamides is 1. The Morgan fingerprint density at radius 3 is 2.52 bits per heavy atom. The van der Waals surface area contributed by atoms with E-state index in [2.05, 4.69) is 6.92 Å². The van der Waals surface area contributed by atoms with Crippen LogP contribution >= 0.6 is 0 Å². The molecule has 0 spiro atoms. The van der Waals surface area contributed by atoms with Crippen LogP contribution in [0.5, 0.6) is 0 Å². The smallest absolute Gasteiger partial charge is 0.254 e. The van der Waals surface area contributed by atoms with E-state index in [0.717, 1.165) is 12.8 Å². The molecule has 0 radical (unpaired) electrons. The fourth-order valence-electron chi connectivity index (χ4n) is 2.91. The monoisotopic (exact) mass is 310 g/mol. The number of likely N-dealkylation sites (tertiary alicyclic amines) is 1. The summed E-state index contributed by atoms with van der Waals surface area (Å²) in [4.78, 5) is 14.4. The van der Waals surface area contributed by atoms with Crippen LogP contribution in [-0.4, -0.2) is 31.8 Å². The highest BCUT2D eigenvalue weighted by atomic mass is 32.2. The van der Waals surface area contributed by atoms with Gasteiger partial charge in [-0.25, -0.2) is 13.6 Å². The van der Waals surface area contributed by atoms with Crippen molar-refractivity contribution in [3.8, 4) is 0 Å². The first-order valence-corrected chi connectivity index (χ1v) is 8.68. The number of hydrogen-bond donors (Lipinski definition) is 1. The number of benzene rings is 1. The third-order valence-corrected chi connectivity index (χ3v) is 4.92. The number of rotatable bonds is 2. The lowest BCUT2D eigenvalue weighted by Gasteiger charge is -2.36. The first-order valence-electron chi connectivity index (χ1n) is 7.14. The first-order chi connectivity index (χ1) is 9.68. The predicted molar refractivity (Wildman–Crippen MR) is 81.4 cm³/mol. The van der Waals surface area contributed by atoms with Gasteiger partial charge in [-0.2, -0.15) is 0 Å². The third kappa shape index (κ3) is 3.63. The molecular weight excluding hydrogens is 288 g/mol. The molecule has 0 aliphatic carbocycles. The van der Waals surface area contributed by atoms with Gasteiger partial charge in [0.15, 0.2) is 0 Å². The average molecular weight is 310 g/mol. The second-order valence-corrected chi connectivity index (χ2v) is 7.62. The summed E-state index contributed by atoms with van der Waals surface area (Å²) in [6, 6.07) is 4.73. The number of nitrogens with zero attached hydrogens (tertiary/aromatic N) is 1. The van der Waals surface area contributed by atoms with Crippen LogP contribution in [0, 0.1) is 12.8 Å². The molecule has 6 heteroatoms. The SMILES string of the molecule is Cc1cc(C(=O)N2CCC(C)CC2C)cc(S(N)(=O)=O)c1. The summed E-state index contributed by atoms with van der Waals surface area (Å²) in [7, 11) is -3.81. The molecule has 2 N–H and O–H groups in total. The standard InChI is InChI=1S/C15H22N2O3S/c1-10-4-5-17(12(3)6-10)15(18)13-7-11(2)8-14(9-13)21(16,19)20/h7-10,12H,4-6H2,1-3H3,(H2,16,19,20). The highest BCUT2D eigenvalue weighted by Gasteiger charge is 2.28. The van der Waals surface area contributed by atoms with Gasteiger partial charge < -0.3 is 4.90 Å². The van der Waals surface area contributed by atoms with Crippen molar-refractivity contribution in [2.75, 3.05) is 6.54 Å². The average Bonchev–Trinajstić information content (AvgIpc) is 2.36. The van der Waals surface area contributed by atoms with E-state index in [1.807, 2.05) is 11.8 Å². The van der Waals surface area contributed by atoms with E-state index in [-0.39, 0.29) is 16.8 Å². The molecule has 1 aliphatic heterocycles. The number of nitrogens with two attached hydrogens (primary N) is 1. The minimum absolute atomic E-state index is 0.0103. The fourth-order valence-corrected chi connectivity index (χ4v) is 3.55. The highest BCUT2D eigenvalue weighted by Crippen LogP contribution is 2.24. The zero-order valence-corrected chi connectivity index (χ0v) is 13.5. The van der Waals surface area contributed by atoms with Crippen LogP contribution in [0.4, 0.5) is 0 Å². The normalized spacial score (nSPS) is 23.1. The van der Waals surface area contributed by atoms with Crippen LogP contribution in [0.15, 0.2) is 23.1 Å². The van der Waals surface area contributed by atoms with E-state index in [9.17, 15) is 13.2 Å². The Hall–Kier alpha value is -1.40. The zero-order chi connectivity index (χ0) is 15.8. The Kier molecular flexibility index (Phi) is 4.39. The van der Waals surface area contributed by atoms with Crippen molar-refractivity contribution in [1.82, 2.24) is 4.90 Å². The summed E-state index contributed by atoms with van der Waals surface area (Å²) in [5.74, 6) is 0.490. The molecule has 0 aromatic heterocycles. The van der Waals surface area contributed by atoms with Crippen molar-refractivity contribution in [3.63, 3.8) is 0 Å². The largest absolute Gasteiger partial charge is 0.336 e. The predicted octanol–water partition coefficient (Wildman–Crippen LogP) is 1.90. The van der Waals surface area contributed by atoms with Crippen LogP contribution in [0.2, 0.25) is 0 Å². The Balaban J connectivity index is 2.33. The molecule has 1 saturated heterocycles. The Labute approximate surface area is 126 Å². The molecule has 2 atom stereocenters. The topological polar surface area (TPSA) is 80.5 Å². The fraction of sp³-hybridized carbons (Fsp3) is 0.533. The molecule has 21 heavy (non-hydrogen) atoms. The maximum Gasteiger partial charge on any atom is 0.254 e. The maximum atomic E-state index is 12.6. The van der Waals surface area contributed by atoms with Crippen LogP contribution < -0.4 is 5.14 Å². The van der Waals surface area contributed by atoms with Gasteiger partial charge in [-0.1, -0.05) is 6.92 Å². The number of carbonyl (C=O) groups is 1. The van der Waals surface area contributed by atoms with E-state index < -0.39 is 10.0 Å². The van der Waals surface area contributed by atoms with E-state index in [4.69, 9.17) is 5.14 Å². The molecule has 2 unspecified atom stereocenters. The molecule has 1 aliphatic rings. The van der Waals surface area contributed by atoms with Gasteiger partial charge in [-0.15, -0.1) is 0 Å². The lowest BCUT2D eigenvalue weighted by Crippen LogP contribution is -2.44. The van der Waals surface area contributed by atoms with E-state index in [1.54, 1.807) is 13.0 Å². The van der Waals surface area contributed by atoms with Gasteiger partial charge >= 0.3 is 0 Å². The molecule has 5 nitrogen and oxygen atoms in total. The molecule has 116 valence electrons. The van der Waals surface area contributed by atoms with Crippen LogP contribution in [0.3, 0.4) is 0 Å². The molecule has 1 aromatic rings. The molecule has 0 saturated carbocycles. The van der Waals surface area contributed by atoms with Crippen LogP contribution in [0.25, 0.3) is 0 Å². The van der Waals surface area contributed by atoms with Gasteiger partial charge in [-0.3, -0.25) is 4.79 Å². The van der Waals surface area contributed by atoms with Gasteiger partial charge in [0.2, 0.25) is 10.0 Å². The summed E-state index contributed by atoms with van der Waals surface area (Å²) in [5, 5.41) is 5.17. The Bertz CT molecular complexity index is 655. The number of amides is 1. The van der Waals surface area contributed by atoms with Crippen LogP contribution in [0.1, 0.15) is 42.6 Å². The minimum atomic E-state index is -3.81. The van der Waals surface area contributed by atoms with Crippen molar-refractivity contribution in [2.45, 2.75) is 44.6 Å². The van der Waals surface area contributed by atoms with Crippen LogP contribution in [-0.2, 0) is 10.0 Å². The molecule has 1 aromatic carbocycles. The van der Waals surface area contributed by atoms with Crippen molar-refractivity contribution in [1.29, 1.82) is 0 Å². The van der Waals surface area contributed by atoms with Crippen molar-refractivity contribution >= 4 is 15.9 Å². The van der Waals surface area contributed by atoms with Gasteiger partial charge in [0.1, 0.15) is 0 Å². The Morgan fingerprint density at radius 2 is 1.95 bits per heavy atom. The number of primary sulfonamides is 1. The van der Waals surface area contributed by atoms with Crippen molar-refractivity contribution < 1.29 is 13.2 Å². The number of hydrogen-bond acceptors (Lipinski definition) is 3. The zero-order valence-electron chi connectivity index (χ0n) is 12.7. The van der Waals surface area contributed by atoms with E-state index in [0.29, 0.717) is 23.6 Å². The lowest BCUT2D eigenvalue weighted by atomic mass is 9.93. The molecule has 2 rings (SSSR count). The highest BCUT2D eigenvalue weighted by molar-refractivity contribution is 7.89. The van der Waals surface area contributed by atoms with Gasteiger partial charge in [0, 0.05) is 18.2 Å². The summed E-state index contributed by atoms with van der Waals surface area (Å²) in [5.41, 5.74) is 1.10. The van der Waals surface area contributed by atoms with Gasteiger partial charge in [-0.05, 0) is 56.4 Å². The summed E-state index contributed by atoms with van der Waals surface area (Å²) in [6.07, 6.45) is 1.95. The van der Waals surface area contributed by atoms with Crippen molar-refractivity contribution in [2.24, 2.45) is 11.1 Å². The molecule has 1 amide bonds.